The van der Waals surface area contributed by atoms with Gasteiger partial charge in [-0.05, 0) is 42.9 Å². The van der Waals surface area contributed by atoms with E-state index in [0.29, 0.717) is 18.3 Å². The molecule has 1 saturated heterocycles. The van der Waals surface area contributed by atoms with Gasteiger partial charge in [-0.1, -0.05) is 20.8 Å². The summed E-state index contributed by atoms with van der Waals surface area (Å²) in [6, 6.07) is 0. The van der Waals surface area contributed by atoms with E-state index in [0.717, 1.165) is 19.3 Å². The quantitative estimate of drug-likeness (QED) is 0.452. The van der Waals surface area contributed by atoms with E-state index in [9.17, 15) is 25.5 Å². The number of hydrogen-bond acceptors (Lipinski definition) is 7. The van der Waals surface area contributed by atoms with Crippen molar-refractivity contribution in [1.82, 2.24) is 0 Å². The number of rotatable bonds is 6. The van der Waals surface area contributed by atoms with Crippen molar-refractivity contribution in [3.63, 3.8) is 0 Å². The van der Waals surface area contributed by atoms with Gasteiger partial charge in [0.15, 0.2) is 6.29 Å². The van der Waals surface area contributed by atoms with Crippen LogP contribution in [0, 0.1) is 17.3 Å². The highest BCUT2D eigenvalue weighted by Crippen LogP contribution is 2.46. The molecule has 0 bridgehead atoms. The fraction of sp³-hybridized carbons (Fsp3) is 1.00. The van der Waals surface area contributed by atoms with Crippen LogP contribution in [0.1, 0.15) is 46.5 Å². The highest BCUT2D eigenvalue weighted by Gasteiger charge is 2.42. The molecule has 2 rings (SSSR count). The van der Waals surface area contributed by atoms with Crippen LogP contribution in [0.25, 0.3) is 0 Å². The molecule has 25 heavy (non-hydrogen) atoms. The zero-order valence-electron chi connectivity index (χ0n) is 15.4. The monoisotopic (exact) mass is 362 g/mol. The molecule has 1 aliphatic heterocycles. The second kappa shape index (κ2) is 8.61. The Bertz CT molecular complexity index is 416. The van der Waals surface area contributed by atoms with Crippen LogP contribution in [-0.2, 0) is 9.47 Å². The van der Waals surface area contributed by atoms with Crippen LogP contribution >= 0.6 is 0 Å². The highest BCUT2D eigenvalue weighted by molar-refractivity contribution is 4.90. The molecule has 2 aliphatic rings. The maximum absolute atomic E-state index is 10.00. The van der Waals surface area contributed by atoms with E-state index >= 15 is 0 Å². The standard InChI is InChI=1S/C18H34O7/c1-10-6-11(20)7-18(2,3)13(10)5-4-12(8-19)25-17-16(23)15(22)14(21)9-24-17/h10-17,19-23H,4-9H2,1-3H3/t10-,11+,12+,13+,14-,15+,16-,17-/m1/s1. The zero-order chi connectivity index (χ0) is 18.8. The molecule has 0 radical (unpaired) electrons. The van der Waals surface area contributed by atoms with Crippen molar-refractivity contribution in [2.45, 2.75) is 83.3 Å². The largest absolute Gasteiger partial charge is 0.394 e. The van der Waals surface area contributed by atoms with Crippen molar-refractivity contribution < 1.29 is 35.0 Å². The van der Waals surface area contributed by atoms with Crippen molar-refractivity contribution in [2.24, 2.45) is 17.3 Å². The van der Waals surface area contributed by atoms with Crippen molar-refractivity contribution >= 4 is 0 Å². The van der Waals surface area contributed by atoms with E-state index < -0.39 is 30.7 Å². The second-order valence-electron chi connectivity index (χ2n) is 8.43. The zero-order valence-corrected chi connectivity index (χ0v) is 15.4. The first-order valence-corrected chi connectivity index (χ1v) is 9.26. The van der Waals surface area contributed by atoms with Crippen LogP contribution in [0.4, 0.5) is 0 Å². The van der Waals surface area contributed by atoms with E-state index in [1.807, 2.05) is 0 Å². The fourth-order valence-electron chi connectivity index (χ4n) is 4.54. The first-order valence-electron chi connectivity index (χ1n) is 9.26. The van der Waals surface area contributed by atoms with E-state index in [-0.39, 0.29) is 24.7 Å². The Morgan fingerprint density at radius 3 is 2.44 bits per heavy atom. The molecule has 0 spiro atoms. The molecule has 0 unspecified atom stereocenters. The van der Waals surface area contributed by atoms with Crippen LogP contribution in [0.3, 0.4) is 0 Å². The second-order valence-corrected chi connectivity index (χ2v) is 8.43. The number of ether oxygens (including phenoxy) is 2. The average Bonchev–Trinajstić information content (AvgIpc) is 2.52. The van der Waals surface area contributed by atoms with Gasteiger partial charge in [-0.25, -0.2) is 0 Å². The lowest BCUT2D eigenvalue weighted by atomic mass is 9.61. The van der Waals surface area contributed by atoms with Gasteiger partial charge in [0.25, 0.3) is 0 Å². The topological polar surface area (TPSA) is 120 Å². The third-order valence-electron chi connectivity index (χ3n) is 5.88. The predicted molar refractivity (Wildman–Crippen MR) is 90.6 cm³/mol. The summed E-state index contributed by atoms with van der Waals surface area (Å²) in [5.74, 6) is 0.782. The number of aliphatic hydroxyl groups is 5. The van der Waals surface area contributed by atoms with E-state index in [1.165, 1.54) is 0 Å². The van der Waals surface area contributed by atoms with Crippen LogP contribution in [0.15, 0.2) is 0 Å². The number of aliphatic hydroxyl groups excluding tert-OH is 5. The van der Waals surface area contributed by atoms with Gasteiger partial charge in [-0.2, -0.15) is 0 Å². The Morgan fingerprint density at radius 2 is 1.84 bits per heavy atom. The van der Waals surface area contributed by atoms with Crippen LogP contribution in [0.2, 0.25) is 0 Å². The first-order chi connectivity index (χ1) is 11.7. The Kier molecular flexibility index (Phi) is 7.24. The van der Waals surface area contributed by atoms with Crippen molar-refractivity contribution in [1.29, 1.82) is 0 Å². The van der Waals surface area contributed by atoms with Crippen LogP contribution in [-0.4, -0.2) is 75.6 Å². The fourth-order valence-corrected chi connectivity index (χ4v) is 4.54. The predicted octanol–water partition coefficient (Wildman–Crippen LogP) is 0.0163. The van der Waals surface area contributed by atoms with Gasteiger partial charge in [0.2, 0.25) is 0 Å². The minimum Gasteiger partial charge on any atom is -0.394 e. The summed E-state index contributed by atoms with van der Waals surface area (Å²) >= 11 is 0. The van der Waals surface area contributed by atoms with E-state index in [4.69, 9.17) is 9.47 Å². The Morgan fingerprint density at radius 1 is 1.16 bits per heavy atom. The molecule has 1 aliphatic carbocycles. The minimum absolute atomic E-state index is 0.0121. The lowest BCUT2D eigenvalue weighted by Gasteiger charge is -2.45. The summed E-state index contributed by atoms with van der Waals surface area (Å²) in [5.41, 5.74) is 0.0121. The molecule has 148 valence electrons. The summed E-state index contributed by atoms with van der Waals surface area (Å²) in [6.07, 6.45) is -2.67. The first kappa shape index (κ1) is 21.0. The Labute approximate surface area is 149 Å². The Balaban J connectivity index is 1.89. The molecule has 1 heterocycles. The summed E-state index contributed by atoms with van der Waals surface area (Å²) in [4.78, 5) is 0. The smallest absolute Gasteiger partial charge is 0.186 e. The normalized spacial score (nSPS) is 43.0. The summed E-state index contributed by atoms with van der Waals surface area (Å²) in [5, 5.41) is 48.8. The van der Waals surface area contributed by atoms with Crippen molar-refractivity contribution in [3.8, 4) is 0 Å². The molecule has 0 aromatic carbocycles. The number of hydrogen-bond donors (Lipinski definition) is 5. The van der Waals surface area contributed by atoms with E-state index in [1.54, 1.807) is 0 Å². The Hall–Kier alpha value is -0.280. The molecular weight excluding hydrogens is 328 g/mol. The van der Waals surface area contributed by atoms with Crippen LogP contribution in [0.5, 0.6) is 0 Å². The summed E-state index contributed by atoms with van der Waals surface area (Å²) in [7, 11) is 0. The molecule has 0 amide bonds. The van der Waals surface area contributed by atoms with E-state index in [2.05, 4.69) is 20.8 Å². The third-order valence-corrected chi connectivity index (χ3v) is 5.88. The summed E-state index contributed by atoms with van der Waals surface area (Å²) < 4.78 is 10.9. The SMILES string of the molecule is C[C@@H]1C[C@H](O)CC(C)(C)[C@H]1CC[C@@H](CO)O[C@H]1OC[C@@H](O)[C@H](O)[C@H]1O. The van der Waals surface area contributed by atoms with Gasteiger partial charge in [-0.3, -0.25) is 0 Å². The van der Waals surface area contributed by atoms with Gasteiger partial charge < -0.3 is 35.0 Å². The van der Waals surface area contributed by atoms with Crippen molar-refractivity contribution in [3.05, 3.63) is 0 Å². The average molecular weight is 362 g/mol. The molecule has 1 saturated carbocycles. The molecule has 7 nitrogen and oxygen atoms in total. The molecule has 5 N–H and O–H groups in total. The van der Waals surface area contributed by atoms with Gasteiger partial charge in [-0.15, -0.1) is 0 Å². The molecular formula is C18H34O7. The lowest BCUT2D eigenvalue weighted by molar-refractivity contribution is -0.285. The van der Waals surface area contributed by atoms with Crippen LogP contribution < -0.4 is 0 Å². The van der Waals surface area contributed by atoms with Gasteiger partial charge in [0, 0.05) is 0 Å². The van der Waals surface area contributed by atoms with Gasteiger partial charge in [0.1, 0.15) is 18.3 Å². The molecule has 0 aromatic heterocycles. The minimum atomic E-state index is -1.35. The molecule has 0 aromatic rings. The maximum atomic E-state index is 10.00. The maximum Gasteiger partial charge on any atom is 0.186 e. The van der Waals surface area contributed by atoms with Gasteiger partial charge in [0.05, 0.1) is 25.4 Å². The highest BCUT2D eigenvalue weighted by atomic mass is 16.7. The molecule has 8 atom stereocenters. The lowest BCUT2D eigenvalue weighted by Crippen LogP contribution is -2.54. The molecule has 2 fully saturated rings. The van der Waals surface area contributed by atoms with Gasteiger partial charge >= 0.3 is 0 Å². The molecule has 7 heteroatoms. The van der Waals surface area contributed by atoms with Crippen molar-refractivity contribution in [2.75, 3.05) is 13.2 Å². The third kappa shape index (κ3) is 5.13. The summed E-state index contributed by atoms with van der Waals surface area (Å²) in [6.45, 7) is 6.14.